The zero-order valence-electron chi connectivity index (χ0n) is 17.7. The maximum absolute atomic E-state index is 12.3. The molecule has 2 N–H and O–H groups in total. The van der Waals surface area contributed by atoms with E-state index in [1.165, 1.54) is 6.21 Å². The van der Waals surface area contributed by atoms with E-state index in [2.05, 4.69) is 20.8 Å². The number of hydrogen-bond donors (Lipinski definition) is 2. The second kappa shape index (κ2) is 10.8. The lowest BCUT2D eigenvalue weighted by molar-refractivity contribution is -0.122. The Kier molecular flexibility index (Phi) is 7.56. The van der Waals surface area contributed by atoms with Crippen LogP contribution in [-0.4, -0.2) is 35.6 Å². The van der Waals surface area contributed by atoms with E-state index in [0.717, 1.165) is 11.8 Å². The van der Waals surface area contributed by atoms with Crippen LogP contribution in [-0.2, 0) is 9.59 Å². The van der Waals surface area contributed by atoms with Crippen molar-refractivity contribution in [2.45, 2.75) is 11.7 Å². The highest BCUT2D eigenvalue weighted by Crippen LogP contribution is 2.31. The Morgan fingerprint density at radius 2 is 2.00 bits per heavy atom. The number of methoxy groups -OCH3 is 1. The van der Waals surface area contributed by atoms with Gasteiger partial charge in [0.15, 0.2) is 5.17 Å². The predicted octanol–water partition coefficient (Wildman–Crippen LogP) is 5.21. The van der Waals surface area contributed by atoms with Crippen molar-refractivity contribution < 1.29 is 18.7 Å². The summed E-state index contributed by atoms with van der Waals surface area (Å²) >= 11 is 13.4. The molecule has 0 radical (unpaired) electrons. The fourth-order valence-corrected chi connectivity index (χ4v) is 4.34. The van der Waals surface area contributed by atoms with Crippen LogP contribution in [0.3, 0.4) is 0 Å². The van der Waals surface area contributed by atoms with Crippen molar-refractivity contribution in [2.75, 3.05) is 12.4 Å². The van der Waals surface area contributed by atoms with Crippen LogP contribution in [0.1, 0.15) is 12.2 Å². The number of amidine groups is 1. The molecule has 1 aromatic heterocycles. The van der Waals surface area contributed by atoms with Crippen LogP contribution >= 0.6 is 35.0 Å². The standard InChI is InChI=1S/C23H18Cl2N4O4S/c1-32-15-5-3-14(4-6-15)27-21(30)11-20-22(31)28-23(34-20)29-26-12-16-7-9-19(33-16)17-10-13(24)2-8-18(17)25/h2-10,12,20H,11H2,1H3,(H,27,30)(H,28,29,31)/b26-12+. The first-order valence-corrected chi connectivity index (χ1v) is 11.6. The van der Waals surface area contributed by atoms with Gasteiger partial charge >= 0.3 is 0 Å². The summed E-state index contributed by atoms with van der Waals surface area (Å²) in [6.07, 6.45) is 1.40. The minimum atomic E-state index is -0.604. The maximum atomic E-state index is 12.3. The average Bonchev–Trinajstić information content (AvgIpc) is 3.42. The normalized spacial score (nSPS) is 16.7. The monoisotopic (exact) mass is 516 g/mol. The smallest absolute Gasteiger partial charge is 0.240 e. The van der Waals surface area contributed by atoms with Crippen LogP contribution in [0, 0.1) is 0 Å². The maximum Gasteiger partial charge on any atom is 0.240 e. The van der Waals surface area contributed by atoms with E-state index in [0.29, 0.717) is 43.7 Å². The molecule has 34 heavy (non-hydrogen) atoms. The lowest BCUT2D eigenvalue weighted by Crippen LogP contribution is -2.28. The number of thioether (sulfide) groups is 1. The summed E-state index contributed by atoms with van der Waals surface area (Å²) in [7, 11) is 1.57. The molecule has 2 heterocycles. The van der Waals surface area contributed by atoms with Crippen LogP contribution < -0.4 is 15.4 Å². The van der Waals surface area contributed by atoms with Crippen molar-refractivity contribution in [2.24, 2.45) is 10.2 Å². The number of ether oxygens (including phenoxy) is 1. The van der Waals surface area contributed by atoms with Gasteiger partial charge in [0, 0.05) is 22.7 Å². The van der Waals surface area contributed by atoms with E-state index in [1.54, 1.807) is 61.7 Å². The number of benzene rings is 2. The molecule has 2 aromatic carbocycles. The van der Waals surface area contributed by atoms with Crippen molar-refractivity contribution in [3.05, 3.63) is 70.4 Å². The number of anilines is 1. The highest BCUT2D eigenvalue weighted by molar-refractivity contribution is 8.15. The first-order chi connectivity index (χ1) is 16.4. The molecular formula is C23H18Cl2N4O4S. The largest absolute Gasteiger partial charge is 0.497 e. The molecule has 1 fully saturated rings. The summed E-state index contributed by atoms with van der Waals surface area (Å²) in [6.45, 7) is 0. The zero-order valence-corrected chi connectivity index (χ0v) is 20.1. The van der Waals surface area contributed by atoms with Crippen molar-refractivity contribution in [3.8, 4) is 17.1 Å². The molecule has 1 saturated heterocycles. The molecule has 0 saturated carbocycles. The average molecular weight is 517 g/mol. The van der Waals surface area contributed by atoms with Gasteiger partial charge in [0.1, 0.15) is 22.5 Å². The van der Waals surface area contributed by atoms with E-state index in [9.17, 15) is 9.59 Å². The Balaban J connectivity index is 1.33. The number of nitrogens with zero attached hydrogens (tertiary/aromatic N) is 2. The first-order valence-electron chi connectivity index (χ1n) is 9.99. The number of carbonyl (C=O) groups excluding carboxylic acids is 2. The van der Waals surface area contributed by atoms with Gasteiger partial charge in [-0.2, -0.15) is 5.10 Å². The molecule has 3 aromatic rings. The summed E-state index contributed by atoms with van der Waals surface area (Å²) in [6, 6.07) is 15.5. The minimum absolute atomic E-state index is 0.00674. The Labute approximate surface area is 209 Å². The van der Waals surface area contributed by atoms with E-state index in [4.69, 9.17) is 32.4 Å². The fourth-order valence-electron chi connectivity index (χ4n) is 3.03. The van der Waals surface area contributed by atoms with Crippen LogP contribution in [0.4, 0.5) is 5.69 Å². The summed E-state index contributed by atoms with van der Waals surface area (Å²) in [4.78, 5) is 24.5. The van der Waals surface area contributed by atoms with Gasteiger partial charge in [0.05, 0.1) is 18.3 Å². The van der Waals surface area contributed by atoms with Gasteiger partial charge in [-0.15, -0.1) is 5.10 Å². The molecule has 1 atom stereocenters. The number of halogens is 2. The summed E-state index contributed by atoms with van der Waals surface area (Å²) in [5.41, 5.74) is 1.28. The Morgan fingerprint density at radius 3 is 2.76 bits per heavy atom. The molecule has 0 aliphatic carbocycles. The van der Waals surface area contributed by atoms with E-state index in [1.807, 2.05) is 0 Å². The quantitative estimate of drug-likeness (QED) is 0.331. The number of furan rings is 1. The highest BCUT2D eigenvalue weighted by Gasteiger charge is 2.32. The third kappa shape index (κ3) is 5.99. The lowest BCUT2D eigenvalue weighted by Gasteiger charge is -2.08. The van der Waals surface area contributed by atoms with E-state index in [-0.39, 0.29) is 18.2 Å². The van der Waals surface area contributed by atoms with Gasteiger partial charge in [-0.25, -0.2) is 0 Å². The van der Waals surface area contributed by atoms with Gasteiger partial charge in [-0.1, -0.05) is 35.0 Å². The van der Waals surface area contributed by atoms with Gasteiger partial charge in [0.2, 0.25) is 11.8 Å². The second-order valence-electron chi connectivity index (χ2n) is 7.05. The van der Waals surface area contributed by atoms with Crippen molar-refractivity contribution in [1.82, 2.24) is 5.32 Å². The van der Waals surface area contributed by atoms with Gasteiger partial charge in [-0.3, -0.25) is 9.59 Å². The topological polar surface area (TPSA) is 105 Å². The van der Waals surface area contributed by atoms with Crippen LogP contribution in [0.5, 0.6) is 5.75 Å². The number of carbonyl (C=O) groups is 2. The lowest BCUT2D eigenvalue weighted by atomic mass is 10.2. The molecule has 11 heteroatoms. The zero-order chi connectivity index (χ0) is 24.1. The van der Waals surface area contributed by atoms with Gasteiger partial charge in [-0.05, 0) is 54.6 Å². The molecule has 0 spiro atoms. The Bertz CT molecular complexity index is 1270. The third-order valence-electron chi connectivity index (χ3n) is 4.68. The molecule has 1 aliphatic rings. The molecular weight excluding hydrogens is 499 g/mol. The van der Waals surface area contributed by atoms with Crippen LogP contribution in [0.25, 0.3) is 11.3 Å². The van der Waals surface area contributed by atoms with Crippen LogP contribution in [0.2, 0.25) is 10.0 Å². The van der Waals surface area contributed by atoms with Crippen molar-refractivity contribution in [1.29, 1.82) is 0 Å². The fraction of sp³-hybridized carbons (Fsp3) is 0.130. The summed E-state index contributed by atoms with van der Waals surface area (Å²) < 4.78 is 10.8. The first kappa shape index (κ1) is 23.9. The molecule has 8 nitrogen and oxygen atoms in total. The van der Waals surface area contributed by atoms with E-state index >= 15 is 0 Å². The molecule has 1 aliphatic heterocycles. The van der Waals surface area contributed by atoms with Crippen LogP contribution in [0.15, 0.2) is 69.2 Å². The molecule has 174 valence electrons. The number of nitrogens with one attached hydrogen (secondary N) is 2. The number of hydrogen-bond acceptors (Lipinski definition) is 7. The van der Waals surface area contributed by atoms with E-state index < -0.39 is 5.25 Å². The van der Waals surface area contributed by atoms with Crippen molar-refractivity contribution in [3.63, 3.8) is 0 Å². The number of rotatable bonds is 7. The molecule has 4 rings (SSSR count). The second-order valence-corrected chi connectivity index (χ2v) is 9.09. The third-order valence-corrected chi connectivity index (χ3v) is 6.31. The summed E-state index contributed by atoms with van der Waals surface area (Å²) in [5, 5.41) is 14.1. The Morgan fingerprint density at radius 1 is 1.21 bits per heavy atom. The highest BCUT2D eigenvalue weighted by atomic mass is 35.5. The summed E-state index contributed by atoms with van der Waals surface area (Å²) in [5.74, 6) is 1.07. The molecule has 1 unspecified atom stereocenters. The Hall–Kier alpha value is -3.27. The predicted molar refractivity (Wildman–Crippen MR) is 135 cm³/mol. The molecule has 2 amide bonds. The minimum Gasteiger partial charge on any atom is -0.497 e. The van der Waals surface area contributed by atoms with Crippen molar-refractivity contribution >= 4 is 63.8 Å². The number of amides is 2. The SMILES string of the molecule is COc1ccc(NC(=O)CC2S/C(=N/N=C/c3ccc(-c4cc(Cl)ccc4Cl)o3)NC2=O)cc1. The van der Waals surface area contributed by atoms with Gasteiger partial charge < -0.3 is 19.8 Å². The molecule has 0 bridgehead atoms. The van der Waals surface area contributed by atoms with Gasteiger partial charge in [0.25, 0.3) is 0 Å².